The summed E-state index contributed by atoms with van der Waals surface area (Å²) in [7, 11) is 1.52. The van der Waals surface area contributed by atoms with E-state index in [9.17, 15) is 9.59 Å². The van der Waals surface area contributed by atoms with Crippen LogP contribution in [0.25, 0.3) is 5.65 Å². The Morgan fingerprint density at radius 3 is 3.04 bits per heavy atom. The summed E-state index contributed by atoms with van der Waals surface area (Å²) >= 11 is 0. The fraction of sp³-hybridized carbons (Fsp3) is 0.444. The molecule has 1 fully saturated rings. The first kappa shape index (κ1) is 17.3. The number of aromatic amines is 1. The molecule has 1 atom stereocenters. The molecule has 9 nitrogen and oxygen atoms in total. The third kappa shape index (κ3) is 3.32. The number of nitrogens with one attached hydrogen (secondary N) is 1. The average molecular weight is 371 g/mol. The highest BCUT2D eigenvalue weighted by molar-refractivity contribution is 5.77. The maximum Gasteiger partial charge on any atom is 0.272 e. The molecule has 1 aliphatic heterocycles. The number of hydrogen-bond acceptors (Lipinski definition) is 6. The number of amides is 1. The average Bonchev–Trinajstić information content (AvgIpc) is 3.37. The highest BCUT2D eigenvalue weighted by Gasteiger charge is 2.31. The van der Waals surface area contributed by atoms with Crippen LogP contribution >= 0.6 is 0 Å². The second-order valence-corrected chi connectivity index (χ2v) is 6.72. The van der Waals surface area contributed by atoms with Gasteiger partial charge in [0.1, 0.15) is 5.76 Å². The van der Waals surface area contributed by atoms with Crippen LogP contribution in [0.1, 0.15) is 42.5 Å². The Labute approximate surface area is 154 Å². The Bertz CT molecular complexity index is 1030. The first-order chi connectivity index (χ1) is 13.0. The molecule has 142 valence electrons. The molecule has 1 amide bonds. The minimum absolute atomic E-state index is 0.0445. The summed E-state index contributed by atoms with van der Waals surface area (Å²) in [6.45, 7) is 2.48. The van der Waals surface area contributed by atoms with Crippen molar-refractivity contribution in [2.45, 2.75) is 38.6 Å². The number of ether oxygens (including phenoxy) is 1. The third-order valence-corrected chi connectivity index (χ3v) is 4.86. The zero-order valence-corrected chi connectivity index (χ0v) is 15.3. The molecule has 0 aliphatic carbocycles. The molecule has 0 bridgehead atoms. The summed E-state index contributed by atoms with van der Waals surface area (Å²) in [5.74, 6) is 1.07. The van der Waals surface area contributed by atoms with Crippen molar-refractivity contribution in [3.63, 3.8) is 0 Å². The van der Waals surface area contributed by atoms with Crippen molar-refractivity contribution in [2.24, 2.45) is 0 Å². The van der Waals surface area contributed by atoms with Gasteiger partial charge in [-0.05, 0) is 24.9 Å². The number of aromatic nitrogens is 4. The van der Waals surface area contributed by atoms with Gasteiger partial charge in [0.15, 0.2) is 5.65 Å². The summed E-state index contributed by atoms with van der Waals surface area (Å²) in [6.07, 6.45) is 2.56. The van der Waals surface area contributed by atoms with Gasteiger partial charge in [0.2, 0.25) is 5.91 Å². The molecule has 1 unspecified atom stereocenters. The van der Waals surface area contributed by atoms with Crippen molar-refractivity contribution >= 4 is 11.6 Å². The largest absolute Gasteiger partial charge is 0.479 e. The molecule has 1 aliphatic rings. The van der Waals surface area contributed by atoms with E-state index < -0.39 is 0 Å². The minimum Gasteiger partial charge on any atom is -0.479 e. The Morgan fingerprint density at radius 1 is 1.41 bits per heavy atom. The van der Waals surface area contributed by atoms with Crippen LogP contribution in [0.5, 0.6) is 5.88 Å². The molecule has 1 saturated heterocycles. The number of likely N-dealkylation sites (tertiary alicyclic amines) is 1. The second-order valence-electron chi connectivity index (χ2n) is 6.72. The molecule has 3 aromatic heterocycles. The van der Waals surface area contributed by atoms with Crippen molar-refractivity contribution in [1.82, 2.24) is 24.7 Å². The van der Waals surface area contributed by atoms with E-state index in [2.05, 4.69) is 15.2 Å². The van der Waals surface area contributed by atoms with Crippen LogP contribution in [-0.2, 0) is 11.2 Å². The highest BCUT2D eigenvalue weighted by Crippen LogP contribution is 2.32. The zero-order valence-electron chi connectivity index (χ0n) is 15.3. The van der Waals surface area contributed by atoms with Crippen LogP contribution in [0.4, 0.5) is 0 Å². The lowest BCUT2D eigenvalue weighted by atomic mass is 10.1. The molecule has 1 N–H and O–H groups in total. The van der Waals surface area contributed by atoms with Gasteiger partial charge in [0, 0.05) is 43.3 Å². The van der Waals surface area contributed by atoms with Crippen LogP contribution in [0.15, 0.2) is 27.5 Å². The number of nitrogens with zero attached hydrogens (tertiary/aromatic N) is 4. The number of aryl methyl sites for hydroxylation is 2. The Balaban J connectivity index is 1.50. The van der Waals surface area contributed by atoms with E-state index in [-0.39, 0.29) is 17.5 Å². The molecule has 9 heteroatoms. The van der Waals surface area contributed by atoms with Gasteiger partial charge in [0.25, 0.3) is 11.4 Å². The molecular formula is C18H21N5O4. The van der Waals surface area contributed by atoms with Crippen molar-refractivity contribution in [2.75, 3.05) is 13.7 Å². The number of methoxy groups -OCH3 is 1. The van der Waals surface area contributed by atoms with E-state index in [1.165, 1.54) is 17.7 Å². The zero-order chi connectivity index (χ0) is 19.0. The SMILES string of the molecule is COc1cc(CCC(=O)N2CCCC2c2cc3nc(C)cc(=O)n3[nH]2)on1. The summed E-state index contributed by atoms with van der Waals surface area (Å²) in [5.41, 5.74) is 1.92. The number of rotatable bonds is 5. The van der Waals surface area contributed by atoms with E-state index in [0.29, 0.717) is 42.4 Å². The minimum atomic E-state index is -0.154. The number of H-pyrrole nitrogens is 1. The van der Waals surface area contributed by atoms with Gasteiger partial charge >= 0.3 is 0 Å². The van der Waals surface area contributed by atoms with Gasteiger partial charge in [-0.25, -0.2) is 9.50 Å². The molecular weight excluding hydrogens is 350 g/mol. The summed E-state index contributed by atoms with van der Waals surface area (Å²) in [6, 6.07) is 4.94. The number of hydrogen-bond donors (Lipinski definition) is 1. The van der Waals surface area contributed by atoms with Gasteiger partial charge in [0.05, 0.1) is 18.8 Å². The van der Waals surface area contributed by atoms with Gasteiger partial charge < -0.3 is 14.2 Å². The van der Waals surface area contributed by atoms with Crippen LogP contribution in [-0.4, -0.2) is 44.2 Å². The van der Waals surface area contributed by atoms with Crippen LogP contribution < -0.4 is 10.3 Å². The molecule has 4 heterocycles. The highest BCUT2D eigenvalue weighted by atomic mass is 16.5. The van der Waals surface area contributed by atoms with Crippen molar-refractivity contribution < 1.29 is 14.1 Å². The fourth-order valence-corrected chi connectivity index (χ4v) is 3.57. The van der Waals surface area contributed by atoms with Crippen LogP contribution in [0, 0.1) is 6.92 Å². The monoisotopic (exact) mass is 371 g/mol. The lowest BCUT2D eigenvalue weighted by Crippen LogP contribution is -2.31. The standard InChI is InChI=1S/C18H21N5O4/c1-11-8-18(25)23-15(19-11)10-13(20-23)14-4-3-7-22(14)17(24)6-5-12-9-16(26-2)21-27-12/h8-10,14,20H,3-7H2,1-2H3. The van der Waals surface area contributed by atoms with Gasteiger partial charge in [-0.2, -0.15) is 0 Å². The predicted molar refractivity (Wildman–Crippen MR) is 95.6 cm³/mol. The second kappa shape index (κ2) is 6.90. The fourth-order valence-electron chi connectivity index (χ4n) is 3.57. The maximum atomic E-state index is 12.7. The Morgan fingerprint density at radius 2 is 2.26 bits per heavy atom. The maximum absolute atomic E-state index is 12.7. The molecule has 27 heavy (non-hydrogen) atoms. The molecule has 0 spiro atoms. The quantitative estimate of drug-likeness (QED) is 0.731. The van der Waals surface area contributed by atoms with E-state index in [1.807, 2.05) is 11.0 Å². The predicted octanol–water partition coefficient (Wildman–Crippen LogP) is 1.62. The Kier molecular flexibility index (Phi) is 4.43. The first-order valence-electron chi connectivity index (χ1n) is 8.93. The number of carbonyl (C=O) groups excluding carboxylic acids is 1. The Hall–Kier alpha value is -3.10. The third-order valence-electron chi connectivity index (χ3n) is 4.86. The van der Waals surface area contributed by atoms with E-state index in [0.717, 1.165) is 18.5 Å². The summed E-state index contributed by atoms with van der Waals surface area (Å²) in [4.78, 5) is 31.1. The van der Waals surface area contributed by atoms with Gasteiger partial charge in [-0.1, -0.05) is 0 Å². The first-order valence-corrected chi connectivity index (χ1v) is 8.93. The summed E-state index contributed by atoms with van der Waals surface area (Å²) in [5, 5.41) is 6.85. The summed E-state index contributed by atoms with van der Waals surface area (Å²) < 4.78 is 11.6. The van der Waals surface area contributed by atoms with Crippen molar-refractivity contribution in [3.05, 3.63) is 45.7 Å². The normalized spacial score (nSPS) is 17.0. The smallest absolute Gasteiger partial charge is 0.272 e. The van der Waals surface area contributed by atoms with Crippen molar-refractivity contribution in [3.8, 4) is 5.88 Å². The lowest BCUT2D eigenvalue weighted by molar-refractivity contribution is -0.132. The number of carbonyl (C=O) groups is 1. The van der Waals surface area contributed by atoms with Crippen LogP contribution in [0.2, 0.25) is 0 Å². The number of fused-ring (bicyclic) bond motifs is 1. The molecule has 0 aromatic carbocycles. The molecule has 4 rings (SSSR count). The van der Waals surface area contributed by atoms with Gasteiger partial charge in [-0.3, -0.25) is 14.7 Å². The molecule has 0 radical (unpaired) electrons. The topological polar surface area (TPSA) is 106 Å². The van der Waals surface area contributed by atoms with Crippen molar-refractivity contribution in [1.29, 1.82) is 0 Å². The van der Waals surface area contributed by atoms with E-state index >= 15 is 0 Å². The van der Waals surface area contributed by atoms with E-state index in [1.54, 1.807) is 13.0 Å². The lowest BCUT2D eigenvalue weighted by Gasteiger charge is -2.23. The molecule has 0 saturated carbocycles. The molecule has 3 aromatic rings. The van der Waals surface area contributed by atoms with E-state index in [4.69, 9.17) is 9.26 Å². The van der Waals surface area contributed by atoms with Crippen LogP contribution in [0.3, 0.4) is 0 Å². The van der Waals surface area contributed by atoms with Gasteiger partial charge in [-0.15, -0.1) is 0 Å².